The van der Waals surface area contributed by atoms with Gasteiger partial charge in [-0.2, -0.15) is 0 Å². The van der Waals surface area contributed by atoms with E-state index in [0.29, 0.717) is 5.56 Å². The lowest BCUT2D eigenvalue weighted by atomic mass is 9.91. The smallest absolute Gasteiger partial charge is 0.408 e. The van der Waals surface area contributed by atoms with Crippen molar-refractivity contribution in [3.05, 3.63) is 35.4 Å². The summed E-state index contributed by atoms with van der Waals surface area (Å²) in [4.78, 5) is 34.9. The normalized spacial score (nSPS) is 17.5. The summed E-state index contributed by atoms with van der Waals surface area (Å²) in [5.41, 5.74) is 0.735. The maximum atomic E-state index is 12.3. The number of esters is 1. The van der Waals surface area contributed by atoms with E-state index in [0.717, 1.165) is 17.6 Å². The number of carboxylic acid groups (broad SMARTS) is 1. The standard InChI is InChI=1S/C19H27NO6.C12H23N/c1-12(2)16(20-18(24)26-19(3,4)5)17(23)25-11-14-8-6-13(7-9-14)10-15(21)22;1-3-7-11(8-4-1)13-12-9-5-2-6-10-12/h6-9,12,16H,10-11H2,1-5H3,(H,20,24)(H,21,22);11-13H,1-10H2. The van der Waals surface area contributed by atoms with Crippen molar-refractivity contribution in [2.75, 3.05) is 0 Å². The van der Waals surface area contributed by atoms with Crippen LogP contribution >= 0.6 is 0 Å². The van der Waals surface area contributed by atoms with E-state index in [4.69, 9.17) is 14.6 Å². The highest BCUT2D eigenvalue weighted by Gasteiger charge is 2.28. The van der Waals surface area contributed by atoms with Crippen LogP contribution in [0.4, 0.5) is 4.79 Å². The molecule has 1 amide bonds. The number of hydrogen-bond donors (Lipinski definition) is 3. The number of carbonyl (C=O) groups is 3. The average molecular weight is 547 g/mol. The minimum absolute atomic E-state index is 0.0331. The van der Waals surface area contributed by atoms with Crippen molar-refractivity contribution in [3.8, 4) is 0 Å². The Hall–Kier alpha value is -2.61. The van der Waals surface area contributed by atoms with E-state index in [2.05, 4.69) is 10.6 Å². The lowest BCUT2D eigenvalue weighted by molar-refractivity contribution is -0.148. The first-order chi connectivity index (χ1) is 18.4. The summed E-state index contributed by atoms with van der Waals surface area (Å²) in [6.07, 6.45) is 13.8. The number of ether oxygens (including phenoxy) is 2. The molecule has 0 saturated heterocycles. The fourth-order valence-corrected chi connectivity index (χ4v) is 4.98. The van der Waals surface area contributed by atoms with Gasteiger partial charge in [-0.1, -0.05) is 76.6 Å². The van der Waals surface area contributed by atoms with E-state index in [-0.39, 0.29) is 18.9 Å². The number of aliphatic carboxylic acids is 1. The largest absolute Gasteiger partial charge is 0.481 e. The van der Waals surface area contributed by atoms with E-state index in [1.165, 1.54) is 64.2 Å². The predicted octanol–water partition coefficient (Wildman–Crippen LogP) is 6.15. The highest BCUT2D eigenvalue weighted by molar-refractivity contribution is 5.81. The Morgan fingerprint density at radius 1 is 0.872 bits per heavy atom. The van der Waals surface area contributed by atoms with Crippen LogP contribution in [0.25, 0.3) is 0 Å². The van der Waals surface area contributed by atoms with Gasteiger partial charge in [-0.05, 0) is 63.5 Å². The van der Waals surface area contributed by atoms with Gasteiger partial charge in [-0.3, -0.25) is 4.79 Å². The number of hydrogen-bond acceptors (Lipinski definition) is 6. The van der Waals surface area contributed by atoms with E-state index in [1.807, 2.05) is 0 Å². The molecule has 2 aliphatic rings. The quantitative estimate of drug-likeness (QED) is 0.318. The van der Waals surface area contributed by atoms with Gasteiger partial charge < -0.3 is 25.2 Å². The number of nitrogens with one attached hydrogen (secondary N) is 2. The molecule has 0 spiro atoms. The fraction of sp³-hybridized carbons (Fsp3) is 0.710. The number of carboxylic acids is 1. The molecular formula is C31H50N2O6. The SMILES string of the molecule is C1CCC(NC2CCCCC2)CC1.CC(C)C(NC(=O)OC(C)(C)C)C(=O)OCc1ccc(CC(=O)O)cc1. The van der Waals surface area contributed by atoms with Gasteiger partial charge in [0, 0.05) is 12.1 Å². The maximum absolute atomic E-state index is 12.3. The molecule has 1 atom stereocenters. The molecule has 8 nitrogen and oxygen atoms in total. The first kappa shape index (κ1) is 32.6. The molecule has 3 N–H and O–H groups in total. The molecular weight excluding hydrogens is 496 g/mol. The Bertz CT molecular complexity index is 865. The van der Waals surface area contributed by atoms with Gasteiger partial charge in [0.25, 0.3) is 0 Å². The summed E-state index contributed by atoms with van der Waals surface area (Å²) in [6, 6.07) is 7.69. The lowest BCUT2D eigenvalue weighted by Gasteiger charge is -2.30. The van der Waals surface area contributed by atoms with Crippen LogP contribution in [0.15, 0.2) is 24.3 Å². The summed E-state index contributed by atoms with van der Waals surface area (Å²) in [5, 5.41) is 15.2. The second-order valence-corrected chi connectivity index (χ2v) is 12.2. The summed E-state index contributed by atoms with van der Waals surface area (Å²) >= 11 is 0. The van der Waals surface area contributed by atoms with Crippen molar-refractivity contribution >= 4 is 18.0 Å². The molecule has 0 radical (unpaired) electrons. The number of rotatable bonds is 9. The molecule has 220 valence electrons. The van der Waals surface area contributed by atoms with Crippen LogP contribution < -0.4 is 10.6 Å². The zero-order chi connectivity index (χ0) is 28.8. The van der Waals surface area contributed by atoms with Crippen LogP contribution in [0.2, 0.25) is 0 Å². The summed E-state index contributed by atoms with van der Waals surface area (Å²) < 4.78 is 10.4. The van der Waals surface area contributed by atoms with Crippen LogP contribution in [0.5, 0.6) is 0 Å². The van der Waals surface area contributed by atoms with Crippen molar-refractivity contribution in [2.45, 2.75) is 136 Å². The first-order valence-electron chi connectivity index (χ1n) is 14.6. The maximum Gasteiger partial charge on any atom is 0.408 e. The van der Waals surface area contributed by atoms with Crippen molar-refractivity contribution in [2.24, 2.45) is 5.92 Å². The Labute approximate surface area is 234 Å². The first-order valence-corrected chi connectivity index (χ1v) is 14.6. The van der Waals surface area contributed by atoms with Gasteiger partial charge >= 0.3 is 18.0 Å². The summed E-state index contributed by atoms with van der Waals surface area (Å²) in [7, 11) is 0. The van der Waals surface area contributed by atoms with Gasteiger partial charge in [-0.15, -0.1) is 0 Å². The highest BCUT2D eigenvalue weighted by atomic mass is 16.6. The molecule has 0 heterocycles. The van der Waals surface area contributed by atoms with Crippen LogP contribution in [-0.2, 0) is 32.1 Å². The van der Waals surface area contributed by atoms with E-state index < -0.39 is 29.7 Å². The Balaban J connectivity index is 0.000000338. The van der Waals surface area contributed by atoms with Crippen molar-refractivity contribution < 1.29 is 29.0 Å². The highest BCUT2D eigenvalue weighted by Crippen LogP contribution is 2.22. The minimum Gasteiger partial charge on any atom is -0.481 e. The van der Waals surface area contributed by atoms with E-state index >= 15 is 0 Å². The van der Waals surface area contributed by atoms with E-state index in [9.17, 15) is 14.4 Å². The van der Waals surface area contributed by atoms with Crippen molar-refractivity contribution in [3.63, 3.8) is 0 Å². The summed E-state index contributed by atoms with van der Waals surface area (Å²) in [5.74, 6) is -1.63. The zero-order valence-corrected chi connectivity index (χ0v) is 24.6. The van der Waals surface area contributed by atoms with Crippen molar-refractivity contribution in [1.29, 1.82) is 0 Å². The second kappa shape index (κ2) is 16.5. The predicted molar refractivity (Wildman–Crippen MR) is 152 cm³/mol. The van der Waals surface area contributed by atoms with E-state index in [1.54, 1.807) is 58.9 Å². The van der Waals surface area contributed by atoms with Gasteiger partial charge in [-0.25, -0.2) is 9.59 Å². The summed E-state index contributed by atoms with van der Waals surface area (Å²) in [6.45, 7) is 8.84. The molecule has 39 heavy (non-hydrogen) atoms. The van der Waals surface area contributed by atoms with Crippen molar-refractivity contribution in [1.82, 2.24) is 10.6 Å². The molecule has 0 bridgehead atoms. The zero-order valence-electron chi connectivity index (χ0n) is 24.6. The third kappa shape index (κ3) is 13.8. The minimum atomic E-state index is -0.905. The van der Waals surface area contributed by atoms with Gasteiger partial charge in [0.05, 0.1) is 6.42 Å². The molecule has 1 aromatic rings. The molecule has 0 aromatic heterocycles. The molecule has 2 aliphatic carbocycles. The fourth-order valence-electron chi connectivity index (χ4n) is 4.98. The monoisotopic (exact) mass is 546 g/mol. The number of benzene rings is 1. The topological polar surface area (TPSA) is 114 Å². The van der Waals surface area contributed by atoms with Gasteiger partial charge in [0.15, 0.2) is 0 Å². The van der Waals surface area contributed by atoms with Crippen LogP contribution in [0, 0.1) is 5.92 Å². The Morgan fingerprint density at radius 3 is 1.79 bits per heavy atom. The third-order valence-electron chi connectivity index (χ3n) is 7.03. The number of carbonyl (C=O) groups excluding carboxylic acids is 2. The molecule has 2 saturated carbocycles. The van der Waals surface area contributed by atoms with Crippen LogP contribution in [-0.4, -0.2) is 46.9 Å². The van der Waals surface area contributed by atoms with Gasteiger partial charge in [0.2, 0.25) is 0 Å². The Kier molecular flexibility index (Phi) is 13.8. The molecule has 1 unspecified atom stereocenters. The Morgan fingerprint density at radius 2 is 1.36 bits per heavy atom. The number of alkyl carbamates (subject to hydrolysis) is 1. The lowest BCUT2D eigenvalue weighted by Crippen LogP contribution is -2.47. The van der Waals surface area contributed by atoms with Crippen LogP contribution in [0.1, 0.15) is 110 Å². The van der Waals surface area contributed by atoms with Gasteiger partial charge in [0.1, 0.15) is 18.2 Å². The molecule has 0 aliphatic heterocycles. The molecule has 1 aromatic carbocycles. The molecule has 8 heteroatoms. The third-order valence-corrected chi connectivity index (χ3v) is 7.03. The number of amides is 1. The van der Waals surface area contributed by atoms with Crippen LogP contribution in [0.3, 0.4) is 0 Å². The molecule has 2 fully saturated rings. The molecule has 3 rings (SSSR count). The second-order valence-electron chi connectivity index (χ2n) is 12.2. The average Bonchev–Trinajstić information content (AvgIpc) is 2.87.